The summed E-state index contributed by atoms with van der Waals surface area (Å²) in [6, 6.07) is 27.1. The minimum absolute atomic E-state index is 0.176. The van der Waals surface area contributed by atoms with Gasteiger partial charge in [0.25, 0.3) is 0 Å². The second kappa shape index (κ2) is 8.57. The maximum atomic E-state index is 2.42. The van der Waals surface area contributed by atoms with Crippen LogP contribution in [0, 0.1) is 0 Å². The van der Waals surface area contributed by atoms with Gasteiger partial charge in [-0.1, -0.05) is 114 Å². The van der Waals surface area contributed by atoms with Crippen LogP contribution in [0.5, 0.6) is 0 Å². The molecule has 0 aliphatic carbocycles. The highest BCUT2D eigenvalue weighted by Gasteiger charge is 2.20. The normalized spacial score (nSPS) is 12.2. The quantitative estimate of drug-likeness (QED) is 0.423. The van der Waals surface area contributed by atoms with Crippen LogP contribution >= 0.6 is 0 Å². The lowest BCUT2D eigenvalue weighted by Crippen LogP contribution is -2.17. The molecule has 0 saturated carbocycles. The molecule has 3 rings (SSSR count). The van der Waals surface area contributed by atoms with Crippen molar-refractivity contribution in [1.82, 2.24) is 0 Å². The third kappa shape index (κ3) is 6.07. The Morgan fingerprint density at radius 1 is 0.483 bits per heavy atom. The second-order valence-corrected chi connectivity index (χ2v) is 10.4. The van der Waals surface area contributed by atoms with Gasteiger partial charge in [-0.15, -0.1) is 0 Å². The summed E-state index contributed by atoms with van der Waals surface area (Å²) in [5.41, 5.74) is 8.86. The van der Waals surface area contributed by atoms with Gasteiger partial charge in [-0.3, -0.25) is 0 Å². The molecule has 0 bridgehead atoms. The average Bonchev–Trinajstić information content (AvgIpc) is 2.67. The Balaban J connectivity index is 1.72. The zero-order valence-electron chi connectivity index (χ0n) is 19.0. The van der Waals surface area contributed by atoms with E-state index < -0.39 is 0 Å². The zero-order chi connectivity index (χ0) is 21.1. The molecule has 0 radical (unpaired) electrons. The van der Waals surface area contributed by atoms with E-state index in [1.54, 1.807) is 0 Å². The van der Waals surface area contributed by atoms with Crippen molar-refractivity contribution >= 4 is 0 Å². The fourth-order valence-corrected chi connectivity index (χ4v) is 3.65. The Kier molecular flexibility index (Phi) is 6.32. The first-order valence-corrected chi connectivity index (χ1v) is 10.9. The molecule has 3 aromatic rings. The van der Waals surface area contributed by atoms with Crippen molar-refractivity contribution in [3.63, 3.8) is 0 Å². The van der Waals surface area contributed by atoms with Crippen LogP contribution < -0.4 is 0 Å². The SMILES string of the molecule is CC(C)(C)c1cc(CCc2ccc(Cc3ccccc3)cc2)cc(C(C)(C)C)c1. The monoisotopic (exact) mass is 384 g/mol. The van der Waals surface area contributed by atoms with Gasteiger partial charge in [-0.25, -0.2) is 0 Å². The van der Waals surface area contributed by atoms with Gasteiger partial charge in [0, 0.05) is 0 Å². The van der Waals surface area contributed by atoms with Crippen molar-refractivity contribution < 1.29 is 0 Å². The molecule has 0 aliphatic heterocycles. The van der Waals surface area contributed by atoms with Crippen LogP contribution in [0.1, 0.15) is 74.9 Å². The molecule has 0 nitrogen and oxygen atoms in total. The van der Waals surface area contributed by atoms with Gasteiger partial charge in [0.15, 0.2) is 0 Å². The lowest BCUT2D eigenvalue weighted by atomic mass is 9.79. The number of rotatable bonds is 5. The standard InChI is InChI=1S/C29H36/c1-28(2,3)26-19-25(20-27(21-26)29(4,5)6)17-14-22-12-15-24(16-13-22)18-23-10-8-7-9-11-23/h7-13,15-16,19-21H,14,17-18H2,1-6H3. The predicted octanol–water partition coefficient (Wildman–Crippen LogP) is 7.66. The lowest BCUT2D eigenvalue weighted by Gasteiger charge is -2.26. The number of hydrogen-bond donors (Lipinski definition) is 0. The molecule has 0 aliphatic rings. The molecule has 0 spiro atoms. The van der Waals surface area contributed by atoms with E-state index in [-0.39, 0.29) is 10.8 Å². The highest BCUT2D eigenvalue weighted by molar-refractivity contribution is 5.38. The third-order valence-corrected chi connectivity index (χ3v) is 5.70. The van der Waals surface area contributed by atoms with Gasteiger partial charge in [-0.05, 0) is 63.5 Å². The first-order chi connectivity index (χ1) is 13.6. The minimum atomic E-state index is 0.176. The molecule has 152 valence electrons. The molecule has 29 heavy (non-hydrogen) atoms. The van der Waals surface area contributed by atoms with Crippen molar-refractivity contribution in [3.8, 4) is 0 Å². The summed E-state index contributed by atoms with van der Waals surface area (Å²) < 4.78 is 0. The highest BCUT2D eigenvalue weighted by atomic mass is 14.2. The topological polar surface area (TPSA) is 0 Å². The Morgan fingerprint density at radius 2 is 0.931 bits per heavy atom. The first kappa shape index (κ1) is 21.4. The van der Waals surface area contributed by atoms with Gasteiger partial charge in [0.2, 0.25) is 0 Å². The average molecular weight is 385 g/mol. The van der Waals surface area contributed by atoms with Crippen LogP contribution in [-0.2, 0) is 30.1 Å². The van der Waals surface area contributed by atoms with Crippen LogP contribution in [0.4, 0.5) is 0 Å². The van der Waals surface area contributed by atoms with Gasteiger partial charge in [0.05, 0.1) is 0 Å². The minimum Gasteiger partial charge on any atom is -0.0622 e. The van der Waals surface area contributed by atoms with Gasteiger partial charge in [-0.2, -0.15) is 0 Å². The largest absolute Gasteiger partial charge is 0.0622 e. The van der Waals surface area contributed by atoms with E-state index in [0.717, 1.165) is 19.3 Å². The number of benzene rings is 3. The maximum Gasteiger partial charge on any atom is -0.00258 e. The lowest BCUT2D eigenvalue weighted by molar-refractivity contribution is 0.566. The van der Waals surface area contributed by atoms with Crippen molar-refractivity contribution in [1.29, 1.82) is 0 Å². The van der Waals surface area contributed by atoms with Crippen molar-refractivity contribution in [2.24, 2.45) is 0 Å². The number of aryl methyl sites for hydroxylation is 2. The molecule has 0 heteroatoms. The Bertz CT molecular complexity index is 884. The molecular formula is C29H36. The summed E-state index contributed by atoms with van der Waals surface area (Å²) in [4.78, 5) is 0. The van der Waals surface area contributed by atoms with E-state index in [1.807, 2.05) is 0 Å². The van der Waals surface area contributed by atoms with E-state index >= 15 is 0 Å². The molecule has 0 amide bonds. The molecule has 0 unspecified atom stereocenters. The molecule has 0 N–H and O–H groups in total. The molecule has 0 aromatic heterocycles. The van der Waals surface area contributed by atoms with E-state index in [4.69, 9.17) is 0 Å². The van der Waals surface area contributed by atoms with Gasteiger partial charge in [0.1, 0.15) is 0 Å². The van der Waals surface area contributed by atoms with Gasteiger partial charge >= 0.3 is 0 Å². The predicted molar refractivity (Wildman–Crippen MR) is 127 cm³/mol. The summed E-state index contributed by atoms with van der Waals surface area (Å²) in [7, 11) is 0. The van der Waals surface area contributed by atoms with Crippen LogP contribution in [0.25, 0.3) is 0 Å². The van der Waals surface area contributed by atoms with E-state index in [1.165, 1.54) is 33.4 Å². The molecule has 3 aromatic carbocycles. The second-order valence-electron chi connectivity index (χ2n) is 10.4. The molecule has 0 saturated heterocycles. The van der Waals surface area contributed by atoms with Crippen molar-refractivity contribution in [2.75, 3.05) is 0 Å². The van der Waals surface area contributed by atoms with E-state index in [0.29, 0.717) is 0 Å². The smallest absolute Gasteiger partial charge is 0.00258 e. The Morgan fingerprint density at radius 3 is 1.45 bits per heavy atom. The maximum absolute atomic E-state index is 2.42. The highest BCUT2D eigenvalue weighted by Crippen LogP contribution is 2.30. The van der Waals surface area contributed by atoms with Crippen LogP contribution in [-0.4, -0.2) is 0 Å². The molecule has 0 heterocycles. The summed E-state index contributed by atoms with van der Waals surface area (Å²) >= 11 is 0. The van der Waals surface area contributed by atoms with Gasteiger partial charge < -0.3 is 0 Å². The summed E-state index contributed by atoms with van der Waals surface area (Å²) in [6.45, 7) is 13.9. The Hall–Kier alpha value is -2.34. The van der Waals surface area contributed by atoms with Crippen molar-refractivity contribution in [2.45, 2.75) is 71.6 Å². The molecular weight excluding hydrogens is 348 g/mol. The van der Waals surface area contributed by atoms with Crippen molar-refractivity contribution in [3.05, 3.63) is 106 Å². The third-order valence-electron chi connectivity index (χ3n) is 5.70. The molecule has 0 atom stereocenters. The van der Waals surface area contributed by atoms with Crippen LogP contribution in [0.15, 0.2) is 72.8 Å². The number of hydrogen-bond acceptors (Lipinski definition) is 0. The van der Waals surface area contributed by atoms with E-state index in [2.05, 4.69) is 114 Å². The van der Waals surface area contributed by atoms with Crippen LogP contribution in [0.2, 0.25) is 0 Å². The molecule has 0 fully saturated rings. The summed E-state index contributed by atoms with van der Waals surface area (Å²) in [6.07, 6.45) is 3.18. The fourth-order valence-electron chi connectivity index (χ4n) is 3.65. The first-order valence-electron chi connectivity index (χ1n) is 10.9. The summed E-state index contributed by atoms with van der Waals surface area (Å²) in [5.74, 6) is 0. The summed E-state index contributed by atoms with van der Waals surface area (Å²) in [5, 5.41) is 0. The van der Waals surface area contributed by atoms with Crippen LogP contribution in [0.3, 0.4) is 0 Å². The Labute approximate surface area is 178 Å². The van der Waals surface area contributed by atoms with E-state index in [9.17, 15) is 0 Å². The fraction of sp³-hybridized carbons (Fsp3) is 0.379. The zero-order valence-corrected chi connectivity index (χ0v) is 19.0.